The lowest BCUT2D eigenvalue weighted by atomic mass is 9.87. The van der Waals surface area contributed by atoms with Crippen LogP contribution in [0.5, 0.6) is 0 Å². The fourth-order valence-corrected chi connectivity index (χ4v) is 7.39. The Hall–Kier alpha value is -2.86. The summed E-state index contributed by atoms with van der Waals surface area (Å²) >= 11 is 0. The zero-order valence-electron chi connectivity index (χ0n) is 25.7. The van der Waals surface area contributed by atoms with E-state index in [1.807, 2.05) is 0 Å². The number of amides is 2. The van der Waals surface area contributed by atoms with Gasteiger partial charge in [-0.3, -0.25) is 0 Å². The molecule has 3 aliphatic heterocycles. The highest BCUT2D eigenvalue weighted by molar-refractivity contribution is 5.75. The molecule has 0 aliphatic carbocycles. The molecular formula is C33H41F7N4O. The van der Waals surface area contributed by atoms with Crippen LogP contribution >= 0.6 is 0 Å². The molecule has 0 spiro atoms. The highest BCUT2D eigenvalue weighted by Gasteiger charge is 2.40. The van der Waals surface area contributed by atoms with Crippen molar-refractivity contribution in [3.8, 4) is 0 Å². The number of urea groups is 1. The molecule has 0 aromatic heterocycles. The first-order valence-corrected chi connectivity index (χ1v) is 15.7. The van der Waals surface area contributed by atoms with Crippen LogP contribution in [0.25, 0.3) is 0 Å². The zero-order valence-corrected chi connectivity index (χ0v) is 25.7. The number of rotatable bonds is 5. The van der Waals surface area contributed by atoms with Crippen LogP contribution in [-0.2, 0) is 18.9 Å². The van der Waals surface area contributed by atoms with Crippen LogP contribution < -0.4 is 0 Å². The smallest absolute Gasteiger partial charge is 0.323 e. The Morgan fingerprint density at radius 3 is 1.96 bits per heavy atom. The summed E-state index contributed by atoms with van der Waals surface area (Å²) in [6, 6.07) is 5.67. The molecule has 3 aliphatic rings. The highest BCUT2D eigenvalue weighted by atomic mass is 19.4. The van der Waals surface area contributed by atoms with Crippen molar-refractivity contribution in [2.45, 2.75) is 88.9 Å². The molecule has 0 unspecified atom stereocenters. The molecule has 2 atom stereocenters. The number of likely N-dealkylation sites (tertiary alicyclic amines) is 3. The third-order valence-corrected chi connectivity index (χ3v) is 9.73. The van der Waals surface area contributed by atoms with Gasteiger partial charge in [0.2, 0.25) is 0 Å². The summed E-state index contributed by atoms with van der Waals surface area (Å²) < 4.78 is 94.7. The number of aryl methyl sites for hydroxylation is 1. The molecule has 5 rings (SSSR count). The van der Waals surface area contributed by atoms with Crippen molar-refractivity contribution < 1.29 is 35.5 Å². The van der Waals surface area contributed by atoms with E-state index >= 15 is 0 Å². The summed E-state index contributed by atoms with van der Waals surface area (Å²) in [5, 5.41) is 0. The first-order valence-electron chi connectivity index (χ1n) is 15.7. The molecule has 5 nitrogen and oxygen atoms in total. The van der Waals surface area contributed by atoms with Crippen molar-refractivity contribution in [2.24, 2.45) is 0 Å². The Morgan fingerprint density at radius 1 is 0.800 bits per heavy atom. The van der Waals surface area contributed by atoms with Crippen molar-refractivity contribution in [2.75, 3.05) is 39.8 Å². The van der Waals surface area contributed by atoms with Gasteiger partial charge in [0, 0.05) is 32.2 Å². The third kappa shape index (κ3) is 7.93. The highest BCUT2D eigenvalue weighted by Crippen LogP contribution is 2.39. The van der Waals surface area contributed by atoms with Gasteiger partial charge in [-0.05, 0) is 119 Å². The van der Waals surface area contributed by atoms with Crippen LogP contribution in [0.3, 0.4) is 0 Å². The minimum Gasteiger partial charge on any atom is -0.323 e. The molecule has 12 heteroatoms. The Bertz CT molecular complexity index is 1300. The van der Waals surface area contributed by atoms with Gasteiger partial charge in [-0.15, -0.1) is 0 Å². The number of carbonyl (C=O) groups is 1. The number of hydrogen-bond acceptors (Lipinski definition) is 3. The van der Waals surface area contributed by atoms with Crippen LogP contribution in [0.15, 0.2) is 36.4 Å². The van der Waals surface area contributed by atoms with Crippen LogP contribution in [0.4, 0.5) is 35.5 Å². The van der Waals surface area contributed by atoms with Crippen molar-refractivity contribution in [3.05, 3.63) is 70.0 Å². The summed E-state index contributed by atoms with van der Waals surface area (Å²) in [5.74, 6) is -0.400. The maximum atomic E-state index is 14.1. The second-order valence-corrected chi connectivity index (χ2v) is 12.8. The van der Waals surface area contributed by atoms with E-state index in [0.29, 0.717) is 43.1 Å². The van der Waals surface area contributed by atoms with E-state index in [4.69, 9.17) is 0 Å². The maximum absolute atomic E-state index is 14.1. The average molecular weight is 643 g/mol. The molecule has 0 bridgehead atoms. The summed E-state index contributed by atoms with van der Waals surface area (Å²) in [6.07, 6.45) is -2.72. The largest absolute Gasteiger partial charge is 0.416 e. The molecule has 2 amide bonds. The number of carbonyl (C=O) groups excluding carboxylic acids is 1. The minimum absolute atomic E-state index is 0.0821. The first kappa shape index (κ1) is 33.5. The van der Waals surface area contributed by atoms with E-state index in [9.17, 15) is 35.5 Å². The molecule has 45 heavy (non-hydrogen) atoms. The number of alkyl halides is 6. The molecule has 2 aromatic carbocycles. The SMILES string of the molecule is Cc1cc(F)ccc1[C@H]1C[C@H](N2CCC(N3CCCCC3)CC2)CCN1C(=O)N(C)Cc1cc(C(F)(F)F)cc(C(F)(F)F)c1. The predicted octanol–water partition coefficient (Wildman–Crippen LogP) is 7.88. The Kier molecular flexibility index (Phi) is 10.0. The molecular weight excluding hydrogens is 601 g/mol. The summed E-state index contributed by atoms with van der Waals surface area (Å²) in [5.41, 5.74) is -1.65. The number of hydrogen-bond donors (Lipinski definition) is 0. The molecule has 2 aromatic rings. The Labute approximate surface area is 259 Å². The van der Waals surface area contributed by atoms with Crippen LogP contribution in [-0.4, -0.2) is 77.5 Å². The van der Waals surface area contributed by atoms with Crippen molar-refractivity contribution in [1.82, 2.24) is 19.6 Å². The number of halogens is 7. The number of piperidine rings is 3. The standard InChI is InChI=1S/C33H41F7N4O/c1-22-16-26(34)6-7-29(22)30-20-28(43-13-8-27(9-14-43)42-11-4-3-5-12-42)10-15-44(30)31(45)41(2)21-23-17-24(32(35,36)37)19-25(18-23)33(38,39)40/h6-7,16-19,27-28,30H,3-5,8-15,20-21H2,1-2H3/t28-,30-/m1/s1. The topological polar surface area (TPSA) is 30.0 Å². The third-order valence-electron chi connectivity index (χ3n) is 9.73. The van der Waals surface area contributed by atoms with E-state index in [0.717, 1.165) is 49.5 Å². The first-order chi connectivity index (χ1) is 21.2. The van der Waals surface area contributed by atoms with Crippen molar-refractivity contribution in [1.29, 1.82) is 0 Å². The van der Waals surface area contributed by atoms with Gasteiger partial charge < -0.3 is 19.6 Å². The predicted molar refractivity (Wildman–Crippen MR) is 157 cm³/mol. The quantitative estimate of drug-likeness (QED) is 0.311. The van der Waals surface area contributed by atoms with Crippen molar-refractivity contribution >= 4 is 6.03 Å². The molecule has 3 saturated heterocycles. The van der Waals surface area contributed by atoms with Gasteiger partial charge in [-0.25, -0.2) is 9.18 Å². The second kappa shape index (κ2) is 13.5. The van der Waals surface area contributed by atoms with Gasteiger partial charge in [0.1, 0.15) is 5.82 Å². The Balaban J connectivity index is 1.33. The van der Waals surface area contributed by atoms with Crippen LogP contribution in [0, 0.1) is 12.7 Å². The number of benzene rings is 2. The van der Waals surface area contributed by atoms with Crippen molar-refractivity contribution in [3.63, 3.8) is 0 Å². The zero-order chi connectivity index (χ0) is 32.5. The lowest BCUT2D eigenvalue weighted by molar-refractivity contribution is -0.143. The van der Waals surface area contributed by atoms with Gasteiger partial charge in [-0.2, -0.15) is 26.3 Å². The molecule has 0 N–H and O–H groups in total. The normalized spacial score (nSPS) is 22.9. The van der Waals surface area contributed by atoms with Gasteiger partial charge in [-0.1, -0.05) is 12.5 Å². The van der Waals surface area contributed by atoms with Gasteiger partial charge >= 0.3 is 18.4 Å². The van der Waals surface area contributed by atoms with Crippen LogP contribution in [0.2, 0.25) is 0 Å². The lowest BCUT2D eigenvalue weighted by Crippen LogP contribution is -2.54. The Morgan fingerprint density at radius 2 is 1.38 bits per heavy atom. The maximum Gasteiger partial charge on any atom is 0.416 e. The van der Waals surface area contributed by atoms with E-state index in [2.05, 4.69) is 9.80 Å². The molecule has 3 fully saturated rings. The molecule has 3 heterocycles. The summed E-state index contributed by atoms with van der Waals surface area (Å²) in [7, 11) is 1.38. The average Bonchev–Trinajstić information content (AvgIpc) is 3.00. The second-order valence-electron chi connectivity index (χ2n) is 12.8. The molecule has 248 valence electrons. The minimum atomic E-state index is -4.98. The van der Waals surface area contributed by atoms with E-state index in [-0.39, 0.29) is 17.7 Å². The van der Waals surface area contributed by atoms with E-state index < -0.39 is 47.9 Å². The summed E-state index contributed by atoms with van der Waals surface area (Å²) in [4.78, 5) is 21.7. The van der Waals surface area contributed by atoms with E-state index in [1.165, 1.54) is 38.4 Å². The van der Waals surface area contributed by atoms with E-state index in [1.54, 1.807) is 17.9 Å². The van der Waals surface area contributed by atoms with Gasteiger partial charge in [0.25, 0.3) is 0 Å². The fraction of sp³-hybridized carbons (Fsp3) is 0.606. The number of nitrogens with zero attached hydrogens (tertiary/aromatic N) is 4. The molecule has 0 radical (unpaired) electrons. The monoisotopic (exact) mass is 642 g/mol. The summed E-state index contributed by atoms with van der Waals surface area (Å²) in [6.45, 7) is 5.91. The van der Waals surface area contributed by atoms with Crippen LogP contribution in [0.1, 0.15) is 78.8 Å². The van der Waals surface area contributed by atoms with Gasteiger partial charge in [0.05, 0.1) is 17.2 Å². The van der Waals surface area contributed by atoms with Gasteiger partial charge in [0.15, 0.2) is 0 Å². The fourth-order valence-electron chi connectivity index (χ4n) is 7.39. The lowest BCUT2D eigenvalue weighted by Gasteiger charge is -2.48. The molecule has 0 saturated carbocycles.